The average Bonchev–Trinajstić information content (AvgIpc) is 3.51. The number of hydrogen-bond acceptors (Lipinski definition) is 7. The fourth-order valence-electron chi connectivity index (χ4n) is 5.20. The molecule has 1 aliphatic carbocycles. The summed E-state index contributed by atoms with van der Waals surface area (Å²) in [7, 11) is 0. The van der Waals surface area contributed by atoms with Crippen LogP contribution in [-0.2, 0) is 16.1 Å². The molecule has 0 radical (unpaired) electrons. The van der Waals surface area contributed by atoms with Crippen LogP contribution < -0.4 is 21.1 Å². The molecule has 1 aromatic carbocycles. The number of likely N-dealkylation sites (tertiary alicyclic amines) is 2. The summed E-state index contributed by atoms with van der Waals surface area (Å²) in [6.45, 7) is 2.29. The van der Waals surface area contributed by atoms with Crippen LogP contribution in [0.25, 0.3) is 0 Å². The molecule has 9 nitrogen and oxygen atoms in total. The predicted octanol–water partition coefficient (Wildman–Crippen LogP) is 2.24. The first-order valence-corrected chi connectivity index (χ1v) is 11.3. The SMILES string of the molecule is O=C(OCc1ccc(OC(F)(F)F)cc1)N1C[C@@H]2CN(C(=O)[C@@H]3CCC4=C(C3)NNN4)C[C@H]2C1. The Morgan fingerprint density at radius 3 is 2.29 bits per heavy atom. The number of carbonyl (C=O) groups is 2. The molecule has 0 bridgehead atoms. The highest BCUT2D eigenvalue weighted by atomic mass is 19.4. The molecule has 34 heavy (non-hydrogen) atoms. The van der Waals surface area contributed by atoms with E-state index in [2.05, 4.69) is 21.1 Å². The Hall–Kier alpha value is -3.15. The van der Waals surface area contributed by atoms with E-state index in [9.17, 15) is 22.8 Å². The van der Waals surface area contributed by atoms with E-state index in [1.54, 1.807) is 4.90 Å². The second-order valence-electron chi connectivity index (χ2n) is 9.19. The van der Waals surface area contributed by atoms with E-state index < -0.39 is 12.5 Å². The summed E-state index contributed by atoms with van der Waals surface area (Å²) < 4.78 is 45.9. The average molecular weight is 481 g/mol. The van der Waals surface area contributed by atoms with Gasteiger partial charge in [-0.2, -0.15) is 5.53 Å². The van der Waals surface area contributed by atoms with Gasteiger partial charge in [0.25, 0.3) is 0 Å². The van der Waals surface area contributed by atoms with Crippen LogP contribution in [0.4, 0.5) is 18.0 Å². The minimum atomic E-state index is -4.75. The molecule has 2 amide bonds. The van der Waals surface area contributed by atoms with E-state index in [4.69, 9.17) is 4.74 Å². The summed E-state index contributed by atoms with van der Waals surface area (Å²) in [5.74, 6) is 0.276. The highest BCUT2D eigenvalue weighted by molar-refractivity contribution is 5.80. The quantitative estimate of drug-likeness (QED) is 0.607. The number of nitrogens with zero attached hydrogens (tertiary/aromatic N) is 2. The molecule has 2 saturated heterocycles. The number of halogens is 3. The van der Waals surface area contributed by atoms with Gasteiger partial charge in [0.2, 0.25) is 5.91 Å². The van der Waals surface area contributed by atoms with Gasteiger partial charge in [-0.15, -0.1) is 13.2 Å². The predicted molar refractivity (Wildman–Crippen MR) is 112 cm³/mol. The molecule has 0 spiro atoms. The summed E-state index contributed by atoms with van der Waals surface area (Å²) >= 11 is 0. The number of amides is 2. The lowest BCUT2D eigenvalue weighted by molar-refractivity contribution is -0.274. The lowest BCUT2D eigenvalue weighted by Gasteiger charge is -2.28. The summed E-state index contributed by atoms with van der Waals surface area (Å²) in [6.07, 6.45) is -2.85. The van der Waals surface area contributed by atoms with Gasteiger partial charge in [0.1, 0.15) is 12.4 Å². The van der Waals surface area contributed by atoms with Crippen molar-refractivity contribution in [2.24, 2.45) is 17.8 Å². The van der Waals surface area contributed by atoms with Crippen molar-refractivity contribution in [1.29, 1.82) is 0 Å². The number of hydrogen-bond donors (Lipinski definition) is 3. The lowest BCUT2D eigenvalue weighted by Crippen LogP contribution is -2.39. The van der Waals surface area contributed by atoms with Crippen LogP contribution in [0.5, 0.6) is 5.75 Å². The fourth-order valence-corrected chi connectivity index (χ4v) is 5.20. The molecule has 0 unspecified atom stereocenters. The Balaban J connectivity index is 1.07. The first kappa shape index (κ1) is 22.6. The number of alkyl halides is 3. The van der Waals surface area contributed by atoms with Gasteiger partial charge in [0, 0.05) is 61.7 Å². The monoisotopic (exact) mass is 481 g/mol. The molecule has 3 N–H and O–H groups in total. The topological polar surface area (TPSA) is 95.2 Å². The molecule has 4 aliphatic rings. The van der Waals surface area contributed by atoms with E-state index in [1.807, 2.05) is 4.90 Å². The van der Waals surface area contributed by atoms with E-state index in [-0.39, 0.29) is 36.0 Å². The minimum Gasteiger partial charge on any atom is -0.445 e. The molecule has 12 heteroatoms. The van der Waals surface area contributed by atoms with Crippen LogP contribution in [0.1, 0.15) is 24.8 Å². The van der Waals surface area contributed by atoms with Gasteiger partial charge in [-0.1, -0.05) is 12.1 Å². The summed E-state index contributed by atoms with van der Waals surface area (Å²) in [6, 6.07) is 5.21. The van der Waals surface area contributed by atoms with Crippen LogP contribution in [-0.4, -0.2) is 54.3 Å². The maximum Gasteiger partial charge on any atom is 0.573 e. The van der Waals surface area contributed by atoms with E-state index in [0.717, 1.165) is 24.2 Å². The molecule has 0 saturated carbocycles. The van der Waals surface area contributed by atoms with E-state index in [0.29, 0.717) is 38.2 Å². The van der Waals surface area contributed by atoms with E-state index in [1.165, 1.54) is 24.3 Å². The smallest absolute Gasteiger partial charge is 0.445 e. The van der Waals surface area contributed by atoms with Crippen molar-refractivity contribution in [2.75, 3.05) is 26.2 Å². The van der Waals surface area contributed by atoms with Gasteiger partial charge in [0.05, 0.1) is 0 Å². The Labute approximate surface area is 194 Å². The lowest BCUT2D eigenvalue weighted by atomic mass is 9.89. The molecule has 1 aromatic rings. The van der Waals surface area contributed by atoms with Crippen LogP contribution in [0.3, 0.4) is 0 Å². The zero-order chi connectivity index (χ0) is 23.9. The summed E-state index contributed by atoms with van der Waals surface area (Å²) in [5.41, 5.74) is 11.8. The first-order valence-electron chi connectivity index (χ1n) is 11.3. The van der Waals surface area contributed by atoms with Crippen molar-refractivity contribution in [1.82, 2.24) is 26.2 Å². The standard InChI is InChI=1S/C22H26F3N5O4/c23-22(24,25)34-17-4-1-13(2-5-17)12-33-21(32)30-10-15-8-29(9-16(15)11-30)20(31)14-3-6-18-19(7-14)27-28-26-18/h1-2,4-5,14-16,26-28H,3,6-12H2/t14-,15+,16+/m1/s1. The summed E-state index contributed by atoms with van der Waals surface area (Å²) in [5, 5.41) is 0. The summed E-state index contributed by atoms with van der Waals surface area (Å²) in [4.78, 5) is 29.1. The molecule has 184 valence electrons. The van der Waals surface area contributed by atoms with Crippen LogP contribution in [0, 0.1) is 17.8 Å². The second-order valence-corrected chi connectivity index (χ2v) is 9.19. The maximum atomic E-state index is 13.1. The molecule has 3 atom stereocenters. The molecule has 3 aliphatic heterocycles. The number of carbonyl (C=O) groups excluding carboxylic acids is 2. The normalized spacial score (nSPS) is 26.0. The van der Waals surface area contributed by atoms with Gasteiger partial charge in [0.15, 0.2) is 0 Å². The van der Waals surface area contributed by atoms with Crippen molar-refractivity contribution >= 4 is 12.0 Å². The van der Waals surface area contributed by atoms with Gasteiger partial charge < -0.3 is 30.1 Å². The highest BCUT2D eigenvalue weighted by Gasteiger charge is 2.45. The maximum absolute atomic E-state index is 13.1. The molecular formula is C22H26F3N5O4. The Morgan fingerprint density at radius 1 is 0.971 bits per heavy atom. The third-order valence-electron chi connectivity index (χ3n) is 6.91. The van der Waals surface area contributed by atoms with Crippen LogP contribution >= 0.6 is 0 Å². The van der Waals surface area contributed by atoms with Crippen molar-refractivity contribution < 1.29 is 32.2 Å². The number of hydrazine groups is 2. The Kier molecular flexibility index (Phi) is 5.92. The first-order chi connectivity index (χ1) is 16.2. The van der Waals surface area contributed by atoms with Gasteiger partial charge in [-0.05, 0) is 30.5 Å². The molecule has 0 aromatic heterocycles. The third kappa shape index (κ3) is 4.86. The van der Waals surface area contributed by atoms with Crippen LogP contribution in [0.15, 0.2) is 35.7 Å². The second kappa shape index (κ2) is 8.90. The van der Waals surface area contributed by atoms with Crippen molar-refractivity contribution in [3.63, 3.8) is 0 Å². The van der Waals surface area contributed by atoms with Crippen molar-refractivity contribution in [2.45, 2.75) is 32.2 Å². The Bertz CT molecular complexity index is 970. The van der Waals surface area contributed by atoms with E-state index >= 15 is 0 Å². The zero-order valence-electron chi connectivity index (χ0n) is 18.4. The van der Waals surface area contributed by atoms with Gasteiger partial charge >= 0.3 is 12.5 Å². The molecule has 5 rings (SSSR count). The fraction of sp³-hybridized carbons (Fsp3) is 0.545. The van der Waals surface area contributed by atoms with Crippen molar-refractivity contribution in [3.05, 3.63) is 41.2 Å². The third-order valence-corrected chi connectivity index (χ3v) is 6.91. The number of allylic oxidation sites excluding steroid dienone is 2. The number of benzene rings is 1. The van der Waals surface area contributed by atoms with Crippen LogP contribution in [0.2, 0.25) is 0 Å². The minimum absolute atomic E-state index is 0.0271. The van der Waals surface area contributed by atoms with Gasteiger partial charge in [-0.25, -0.2) is 4.79 Å². The molecule has 2 fully saturated rings. The van der Waals surface area contributed by atoms with Crippen molar-refractivity contribution in [3.8, 4) is 5.75 Å². The largest absolute Gasteiger partial charge is 0.573 e. The number of nitrogens with one attached hydrogen (secondary N) is 3. The zero-order valence-corrected chi connectivity index (χ0v) is 18.4. The number of rotatable bonds is 4. The number of fused-ring (bicyclic) bond motifs is 1. The highest BCUT2D eigenvalue weighted by Crippen LogP contribution is 2.35. The van der Waals surface area contributed by atoms with Gasteiger partial charge in [-0.3, -0.25) is 4.79 Å². The molecule has 3 heterocycles. The Morgan fingerprint density at radius 2 is 1.62 bits per heavy atom. The molecular weight excluding hydrogens is 455 g/mol. The number of ether oxygens (including phenoxy) is 2.